The monoisotopic (exact) mass is 573 g/mol. The summed E-state index contributed by atoms with van der Waals surface area (Å²) >= 11 is 0. The zero-order valence-corrected chi connectivity index (χ0v) is 25.4. The van der Waals surface area contributed by atoms with Crippen LogP contribution in [0, 0.1) is 10.1 Å². The van der Waals surface area contributed by atoms with Gasteiger partial charge in [-0.15, -0.1) is 0 Å². The summed E-state index contributed by atoms with van der Waals surface area (Å²) in [5.74, 6) is -2.19. The van der Waals surface area contributed by atoms with Crippen LogP contribution in [-0.4, -0.2) is 56.7 Å². The van der Waals surface area contributed by atoms with Gasteiger partial charge in [0.05, 0.1) is 29.8 Å². The van der Waals surface area contributed by atoms with Crippen LogP contribution in [0.3, 0.4) is 0 Å². The SMILES string of the molecule is COC(=O)c1cc(OCc2ccccc2)c(CC(=O)[C@@H]2OC(C)(C)O[C@H]2CO[Si](C)(C)C(C)(C)C)c([N+](=O)[O-])c1. The van der Waals surface area contributed by atoms with Crippen molar-refractivity contribution >= 4 is 25.8 Å². The molecule has 11 heteroatoms. The lowest BCUT2D eigenvalue weighted by molar-refractivity contribution is -0.385. The van der Waals surface area contributed by atoms with E-state index in [1.165, 1.54) is 13.2 Å². The first-order valence-electron chi connectivity index (χ1n) is 13.1. The molecule has 1 heterocycles. The number of nitro benzene ring substituents is 1. The molecule has 0 unspecified atom stereocenters. The van der Waals surface area contributed by atoms with Crippen LogP contribution in [0.4, 0.5) is 5.69 Å². The molecule has 0 aromatic heterocycles. The van der Waals surface area contributed by atoms with Crippen molar-refractivity contribution in [3.63, 3.8) is 0 Å². The molecule has 0 saturated carbocycles. The number of benzene rings is 2. The number of carbonyl (C=O) groups is 2. The summed E-state index contributed by atoms with van der Waals surface area (Å²) in [5, 5.41) is 12.1. The molecule has 1 aliphatic heterocycles. The fraction of sp³-hybridized carbons (Fsp3) is 0.517. The topological polar surface area (TPSA) is 123 Å². The highest BCUT2D eigenvalue weighted by atomic mass is 28.4. The predicted octanol–water partition coefficient (Wildman–Crippen LogP) is 5.61. The van der Waals surface area contributed by atoms with Crippen LogP contribution in [0.2, 0.25) is 18.1 Å². The Balaban J connectivity index is 1.94. The summed E-state index contributed by atoms with van der Waals surface area (Å²) in [6, 6.07) is 11.6. The summed E-state index contributed by atoms with van der Waals surface area (Å²) in [6.07, 6.45) is -2.08. The van der Waals surface area contributed by atoms with E-state index in [1.54, 1.807) is 13.8 Å². The quantitative estimate of drug-likeness (QED) is 0.146. The number of methoxy groups -OCH3 is 1. The van der Waals surface area contributed by atoms with Crippen LogP contribution < -0.4 is 4.74 Å². The van der Waals surface area contributed by atoms with Crippen LogP contribution in [0.25, 0.3) is 0 Å². The summed E-state index contributed by atoms with van der Waals surface area (Å²) in [6.45, 7) is 14.2. The van der Waals surface area contributed by atoms with E-state index in [9.17, 15) is 19.7 Å². The Morgan fingerprint density at radius 1 is 1.10 bits per heavy atom. The minimum absolute atomic E-state index is 0.0379. The maximum absolute atomic E-state index is 13.7. The summed E-state index contributed by atoms with van der Waals surface area (Å²) in [5.41, 5.74) is 0.362. The Morgan fingerprint density at radius 3 is 2.33 bits per heavy atom. The van der Waals surface area contributed by atoms with Gasteiger partial charge in [0, 0.05) is 12.5 Å². The molecule has 10 nitrogen and oxygen atoms in total. The fourth-order valence-corrected chi connectivity index (χ4v) is 5.10. The van der Waals surface area contributed by atoms with Crippen LogP contribution in [0.15, 0.2) is 42.5 Å². The second-order valence-electron chi connectivity index (χ2n) is 11.8. The van der Waals surface area contributed by atoms with E-state index in [0.29, 0.717) is 0 Å². The summed E-state index contributed by atoms with van der Waals surface area (Å²) in [7, 11) is -0.972. The van der Waals surface area contributed by atoms with E-state index in [1.807, 2.05) is 30.3 Å². The average Bonchev–Trinajstić information content (AvgIpc) is 3.20. The number of carbonyl (C=O) groups excluding carboxylic acids is 2. The van der Waals surface area contributed by atoms with Gasteiger partial charge in [0.25, 0.3) is 5.69 Å². The van der Waals surface area contributed by atoms with Crippen LogP contribution in [0.1, 0.15) is 56.1 Å². The second-order valence-corrected chi connectivity index (χ2v) is 16.6. The molecule has 40 heavy (non-hydrogen) atoms. The van der Waals surface area contributed by atoms with Crippen molar-refractivity contribution < 1.29 is 37.9 Å². The molecule has 0 spiro atoms. The van der Waals surface area contributed by atoms with Crippen molar-refractivity contribution in [2.75, 3.05) is 13.7 Å². The third-order valence-electron chi connectivity index (χ3n) is 7.31. The van der Waals surface area contributed by atoms with Crippen molar-refractivity contribution in [2.24, 2.45) is 0 Å². The molecule has 0 N–H and O–H groups in total. The normalized spacial score (nSPS) is 18.8. The number of ketones is 1. The third kappa shape index (κ3) is 7.54. The van der Waals surface area contributed by atoms with Crippen molar-refractivity contribution in [1.29, 1.82) is 0 Å². The minimum atomic E-state index is -2.15. The highest BCUT2D eigenvalue weighted by Crippen LogP contribution is 2.39. The van der Waals surface area contributed by atoms with E-state index in [-0.39, 0.29) is 41.5 Å². The van der Waals surface area contributed by atoms with Gasteiger partial charge in [-0.1, -0.05) is 51.1 Å². The molecule has 2 aromatic carbocycles. The molecular formula is C29H39NO9Si. The third-order valence-corrected chi connectivity index (χ3v) is 11.8. The van der Waals surface area contributed by atoms with Gasteiger partial charge in [-0.05, 0) is 43.6 Å². The van der Waals surface area contributed by atoms with Crippen LogP contribution in [-0.2, 0) is 36.5 Å². The van der Waals surface area contributed by atoms with Gasteiger partial charge in [0.2, 0.25) is 0 Å². The predicted molar refractivity (Wildman–Crippen MR) is 151 cm³/mol. The van der Waals surface area contributed by atoms with E-state index in [4.69, 9.17) is 23.4 Å². The lowest BCUT2D eigenvalue weighted by Gasteiger charge is -2.37. The van der Waals surface area contributed by atoms with Crippen molar-refractivity contribution in [3.8, 4) is 5.75 Å². The molecule has 0 amide bonds. The Hall–Kier alpha value is -3.12. The number of nitrogens with zero attached hydrogens (tertiary/aromatic N) is 1. The fourth-order valence-electron chi connectivity index (χ4n) is 4.08. The summed E-state index contributed by atoms with van der Waals surface area (Å²) in [4.78, 5) is 37.4. The number of ether oxygens (including phenoxy) is 4. The molecule has 218 valence electrons. The number of esters is 1. The van der Waals surface area contributed by atoms with E-state index in [2.05, 4.69) is 33.9 Å². The Kier molecular flexibility index (Phi) is 9.56. The molecule has 1 fully saturated rings. The highest BCUT2D eigenvalue weighted by Gasteiger charge is 2.47. The van der Waals surface area contributed by atoms with Gasteiger partial charge in [-0.3, -0.25) is 14.9 Å². The summed E-state index contributed by atoms with van der Waals surface area (Å²) < 4.78 is 29.1. The van der Waals surface area contributed by atoms with Crippen LogP contribution in [0.5, 0.6) is 5.75 Å². The first-order chi connectivity index (χ1) is 18.5. The van der Waals surface area contributed by atoms with E-state index in [0.717, 1.165) is 11.6 Å². The number of hydrogen-bond acceptors (Lipinski definition) is 9. The molecule has 0 bridgehead atoms. The lowest BCUT2D eigenvalue weighted by Crippen LogP contribution is -2.45. The first kappa shape index (κ1) is 31.4. The highest BCUT2D eigenvalue weighted by molar-refractivity contribution is 6.74. The van der Waals surface area contributed by atoms with Gasteiger partial charge in [0.1, 0.15) is 24.6 Å². The van der Waals surface area contributed by atoms with E-state index >= 15 is 0 Å². The molecule has 2 aromatic rings. The van der Waals surface area contributed by atoms with Crippen LogP contribution >= 0.6 is 0 Å². The molecule has 2 atom stereocenters. The maximum Gasteiger partial charge on any atom is 0.338 e. The molecule has 1 saturated heterocycles. The standard InChI is InChI=1S/C29H39NO9Si/c1-28(2,3)40(7,8)37-18-25-26(39-29(4,5)38-25)23(31)16-21-22(30(33)34)14-20(27(32)35-6)15-24(21)36-17-19-12-10-9-11-13-19/h9-15,25-26H,16-18H2,1-8H3/t25-,26-/m0/s1. The van der Waals surface area contributed by atoms with Crippen molar-refractivity contribution in [2.45, 2.75) is 83.8 Å². The largest absolute Gasteiger partial charge is 0.488 e. The molecule has 0 radical (unpaired) electrons. The smallest absolute Gasteiger partial charge is 0.338 e. The van der Waals surface area contributed by atoms with Gasteiger partial charge in [-0.2, -0.15) is 0 Å². The molecular weight excluding hydrogens is 534 g/mol. The molecule has 3 rings (SSSR count). The number of rotatable bonds is 11. The first-order valence-corrected chi connectivity index (χ1v) is 16.0. The minimum Gasteiger partial charge on any atom is -0.488 e. The Morgan fingerprint density at radius 2 is 1.75 bits per heavy atom. The molecule has 0 aliphatic carbocycles. The van der Waals surface area contributed by atoms with Crippen molar-refractivity contribution in [3.05, 3.63) is 69.3 Å². The lowest BCUT2D eigenvalue weighted by atomic mass is 9.98. The number of Topliss-reactive ketones (excluding diaryl/α,β-unsaturated/α-hetero) is 1. The zero-order chi connectivity index (χ0) is 29.9. The van der Waals surface area contributed by atoms with Gasteiger partial charge in [-0.25, -0.2) is 4.79 Å². The maximum atomic E-state index is 13.7. The average molecular weight is 574 g/mol. The van der Waals surface area contributed by atoms with Gasteiger partial charge in [0.15, 0.2) is 19.9 Å². The van der Waals surface area contributed by atoms with E-state index < -0.39 is 48.7 Å². The van der Waals surface area contributed by atoms with Gasteiger partial charge < -0.3 is 23.4 Å². The van der Waals surface area contributed by atoms with Crippen molar-refractivity contribution in [1.82, 2.24) is 0 Å². The van der Waals surface area contributed by atoms with Gasteiger partial charge >= 0.3 is 5.97 Å². The molecule has 1 aliphatic rings. The number of hydrogen-bond donors (Lipinski definition) is 0. The Labute approximate surface area is 236 Å². The zero-order valence-electron chi connectivity index (χ0n) is 24.4. The second kappa shape index (κ2) is 12.2. The number of nitro groups is 1. The Bertz CT molecular complexity index is 1240.